The summed E-state index contributed by atoms with van der Waals surface area (Å²) in [7, 11) is 2.80. The maximum Gasteiger partial charge on any atom is 0.152 e. The van der Waals surface area contributed by atoms with E-state index < -0.39 is 0 Å². The molecule has 35 heavy (non-hydrogen) atoms. The normalized spacial score (nSPS) is 18.1. The number of ether oxygens (including phenoxy) is 1. The molecule has 0 radical (unpaired) electrons. The number of hydrogen-bond donors (Lipinski definition) is 2. The van der Waals surface area contributed by atoms with Gasteiger partial charge in [-0.3, -0.25) is 0 Å². The zero-order valence-electron chi connectivity index (χ0n) is 21.6. The zero-order valence-corrected chi connectivity index (χ0v) is 21.6. The molecule has 1 fully saturated rings. The third-order valence-corrected chi connectivity index (χ3v) is 6.31. The molecule has 1 unspecified atom stereocenters. The number of aldehydes is 1. The number of nitrogens with zero attached hydrogens (tertiary/aromatic N) is 4. The fraction of sp³-hybridized carbons (Fsp3) is 0.556. The van der Waals surface area contributed by atoms with Crippen LogP contribution in [-0.4, -0.2) is 54.3 Å². The van der Waals surface area contributed by atoms with E-state index in [0.717, 1.165) is 62.7 Å². The van der Waals surface area contributed by atoms with Gasteiger partial charge in [-0.05, 0) is 61.3 Å². The number of nitriles is 1. The minimum atomic E-state index is 0.0780. The molecular weight excluding hydrogens is 442 g/mol. The first-order chi connectivity index (χ1) is 16.9. The van der Waals surface area contributed by atoms with Crippen molar-refractivity contribution in [3.63, 3.8) is 0 Å². The molecule has 0 amide bonds. The van der Waals surface area contributed by atoms with Gasteiger partial charge in [-0.1, -0.05) is 20.8 Å². The van der Waals surface area contributed by atoms with E-state index in [1.165, 1.54) is 0 Å². The lowest BCUT2D eigenvalue weighted by atomic mass is 9.91. The minimum absolute atomic E-state index is 0.0780. The van der Waals surface area contributed by atoms with Gasteiger partial charge < -0.3 is 24.9 Å². The lowest BCUT2D eigenvalue weighted by molar-refractivity contribution is -0.108. The van der Waals surface area contributed by atoms with Crippen molar-refractivity contribution in [1.29, 1.82) is 5.26 Å². The van der Waals surface area contributed by atoms with Gasteiger partial charge in [0.05, 0.1) is 17.4 Å². The van der Waals surface area contributed by atoms with Crippen molar-refractivity contribution in [2.24, 2.45) is 5.92 Å². The standard InChI is InChI=1S/C26H35N5O2.CH4O/c1-18(2)17-31(22-6-8-23(33-4)9-7-22)26-24(13-21(16-29-26)19(3)11-12-32)30-25-10-5-20(14-27)15-28-25;1-2/h5,10,12-13,15-16,18-19,22-23H,6-9,11,17H2,1-4H3,(H,28,30);2H,1H3. The van der Waals surface area contributed by atoms with Gasteiger partial charge >= 0.3 is 0 Å². The Bertz CT molecular complexity index is 950. The largest absolute Gasteiger partial charge is 0.400 e. The van der Waals surface area contributed by atoms with Crippen LogP contribution in [-0.2, 0) is 9.53 Å². The van der Waals surface area contributed by atoms with Gasteiger partial charge in [0.1, 0.15) is 18.2 Å². The molecule has 2 aromatic heterocycles. The Balaban J connectivity index is 0.00000210. The summed E-state index contributed by atoms with van der Waals surface area (Å²) >= 11 is 0. The fourth-order valence-corrected chi connectivity index (χ4v) is 4.41. The quantitative estimate of drug-likeness (QED) is 0.465. The molecule has 8 nitrogen and oxygen atoms in total. The highest BCUT2D eigenvalue weighted by Gasteiger charge is 2.29. The Kier molecular flexibility index (Phi) is 11.6. The molecule has 2 aromatic rings. The Morgan fingerprint density at radius 2 is 1.91 bits per heavy atom. The van der Waals surface area contributed by atoms with Crippen LogP contribution in [0, 0.1) is 17.2 Å². The molecule has 190 valence electrons. The van der Waals surface area contributed by atoms with Gasteiger partial charge in [0.25, 0.3) is 0 Å². The highest BCUT2D eigenvalue weighted by molar-refractivity contribution is 5.72. The van der Waals surface area contributed by atoms with Crippen LogP contribution in [0.3, 0.4) is 0 Å². The maximum atomic E-state index is 11.1. The second kappa shape index (κ2) is 14.4. The third-order valence-electron chi connectivity index (χ3n) is 6.31. The highest BCUT2D eigenvalue weighted by Crippen LogP contribution is 2.35. The average molecular weight is 482 g/mol. The topological polar surface area (TPSA) is 111 Å². The lowest BCUT2D eigenvalue weighted by Crippen LogP contribution is -2.42. The molecule has 3 rings (SSSR count). The first kappa shape index (κ1) is 28.2. The summed E-state index contributed by atoms with van der Waals surface area (Å²) in [5.74, 6) is 2.11. The number of nitrogens with one attached hydrogen (secondary N) is 1. The van der Waals surface area contributed by atoms with Crippen LogP contribution in [0.5, 0.6) is 0 Å². The fourth-order valence-electron chi connectivity index (χ4n) is 4.41. The van der Waals surface area contributed by atoms with E-state index in [1.54, 1.807) is 25.4 Å². The van der Waals surface area contributed by atoms with Crippen molar-refractivity contribution in [2.75, 3.05) is 31.0 Å². The molecule has 1 saturated carbocycles. The van der Waals surface area contributed by atoms with E-state index in [-0.39, 0.29) is 5.92 Å². The molecule has 2 heterocycles. The van der Waals surface area contributed by atoms with E-state index >= 15 is 0 Å². The Morgan fingerprint density at radius 1 is 1.20 bits per heavy atom. The molecule has 0 aromatic carbocycles. The summed E-state index contributed by atoms with van der Waals surface area (Å²) in [5.41, 5.74) is 2.40. The van der Waals surface area contributed by atoms with Crippen LogP contribution in [0.4, 0.5) is 17.3 Å². The number of carbonyl (C=O) groups excluding carboxylic acids is 1. The van der Waals surface area contributed by atoms with Crippen LogP contribution >= 0.6 is 0 Å². The van der Waals surface area contributed by atoms with Crippen molar-refractivity contribution in [3.05, 3.63) is 41.7 Å². The van der Waals surface area contributed by atoms with Crippen molar-refractivity contribution in [1.82, 2.24) is 9.97 Å². The number of rotatable bonds is 10. The van der Waals surface area contributed by atoms with Crippen LogP contribution < -0.4 is 10.2 Å². The lowest BCUT2D eigenvalue weighted by Gasteiger charge is -2.39. The predicted molar refractivity (Wildman–Crippen MR) is 139 cm³/mol. The summed E-state index contributed by atoms with van der Waals surface area (Å²) in [4.78, 5) is 22.8. The number of carbonyl (C=O) groups is 1. The zero-order chi connectivity index (χ0) is 25.8. The molecule has 0 saturated heterocycles. The average Bonchev–Trinajstić information content (AvgIpc) is 2.89. The minimum Gasteiger partial charge on any atom is -0.400 e. The SMILES string of the molecule is CO.COC1CCC(N(CC(C)C)c2ncc(C(C)CC=O)cc2Nc2ccc(C#N)cn2)CC1. The summed E-state index contributed by atoms with van der Waals surface area (Å²) in [6.07, 6.45) is 9.41. The number of aliphatic hydroxyl groups is 1. The smallest absolute Gasteiger partial charge is 0.152 e. The van der Waals surface area contributed by atoms with Crippen molar-refractivity contribution >= 4 is 23.6 Å². The van der Waals surface area contributed by atoms with E-state index in [9.17, 15) is 4.79 Å². The van der Waals surface area contributed by atoms with Gasteiger partial charge in [-0.2, -0.15) is 5.26 Å². The predicted octanol–water partition coefficient (Wildman–Crippen LogP) is 4.81. The molecular formula is C27H39N5O3. The molecule has 2 N–H and O–H groups in total. The Hall–Kier alpha value is -3.02. The summed E-state index contributed by atoms with van der Waals surface area (Å²) < 4.78 is 5.59. The number of hydrogen-bond acceptors (Lipinski definition) is 8. The van der Waals surface area contributed by atoms with Gasteiger partial charge in [-0.25, -0.2) is 9.97 Å². The van der Waals surface area contributed by atoms with Crippen LogP contribution in [0.1, 0.15) is 69.9 Å². The molecule has 0 spiro atoms. The Labute approximate surface area is 209 Å². The molecule has 8 heteroatoms. The Morgan fingerprint density at radius 3 is 2.46 bits per heavy atom. The number of pyridine rings is 2. The second-order valence-electron chi connectivity index (χ2n) is 9.32. The van der Waals surface area contributed by atoms with E-state index in [1.807, 2.05) is 13.1 Å². The van der Waals surface area contributed by atoms with Crippen LogP contribution in [0.15, 0.2) is 30.6 Å². The summed E-state index contributed by atoms with van der Waals surface area (Å²) in [5, 5.41) is 19.5. The van der Waals surface area contributed by atoms with E-state index in [0.29, 0.717) is 35.9 Å². The molecule has 0 bridgehead atoms. The second-order valence-corrected chi connectivity index (χ2v) is 9.32. The highest BCUT2D eigenvalue weighted by atomic mass is 16.5. The first-order valence-electron chi connectivity index (χ1n) is 12.3. The van der Waals surface area contributed by atoms with Crippen molar-refractivity contribution < 1.29 is 14.6 Å². The van der Waals surface area contributed by atoms with Gasteiger partial charge in [0.15, 0.2) is 5.82 Å². The molecule has 0 aliphatic heterocycles. The summed E-state index contributed by atoms with van der Waals surface area (Å²) in [6.45, 7) is 7.38. The van der Waals surface area contributed by atoms with Crippen molar-refractivity contribution in [2.45, 2.75) is 70.9 Å². The summed E-state index contributed by atoms with van der Waals surface area (Å²) in [6, 6.07) is 8.14. The van der Waals surface area contributed by atoms with E-state index in [2.05, 4.69) is 41.2 Å². The van der Waals surface area contributed by atoms with Crippen LogP contribution in [0.2, 0.25) is 0 Å². The van der Waals surface area contributed by atoms with Gasteiger partial charge in [0.2, 0.25) is 0 Å². The number of methoxy groups -OCH3 is 1. The van der Waals surface area contributed by atoms with E-state index in [4.69, 9.17) is 20.1 Å². The van der Waals surface area contributed by atoms with Crippen molar-refractivity contribution in [3.8, 4) is 6.07 Å². The molecule has 1 aliphatic rings. The maximum absolute atomic E-state index is 11.1. The van der Waals surface area contributed by atoms with Gasteiger partial charge in [-0.15, -0.1) is 0 Å². The third kappa shape index (κ3) is 8.01. The monoisotopic (exact) mass is 481 g/mol. The molecule has 1 aliphatic carbocycles. The first-order valence-corrected chi connectivity index (χ1v) is 12.3. The van der Waals surface area contributed by atoms with Gasteiger partial charge in [0, 0.05) is 45.6 Å². The number of anilines is 3. The van der Waals surface area contributed by atoms with Crippen LogP contribution in [0.25, 0.3) is 0 Å². The molecule has 1 atom stereocenters. The number of aromatic nitrogens is 2. The number of aliphatic hydroxyl groups excluding tert-OH is 1.